The number of aromatic nitrogens is 3. The van der Waals surface area contributed by atoms with E-state index in [1.807, 2.05) is 48.5 Å². The summed E-state index contributed by atoms with van der Waals surface area (Å²) in [5.74, 6) is 0.321. The second kappa shape index (κ2) is 9.38. The number of fused-ring (bicyclic) bond motifs is 1. The van der Waals surface area contributed by atoms with Gasteiger partial charge < -0.3 is 5.32 Å². The summed E-state index contributed by atoms with van der Waals surface area (Å²) < 4.78 is 14.8. The zero-order chi connectivity index (χ0) is 22.6. The lowest BCUT2D eigenvalue weighted by molar-refractivity contribution is -0.113. The SMILES string of the molecule is O=C(CSc1nnc2n1N=C(c1ccccc1)CC2c1ccccc1)Nc1ccc(F)cc1. The minimum atomic E-state index is -0.350. The van der Waals surface area contributed by atoms with Crippen LogP contribution in [0.15, 0.2) is 95.2 Å². The number of benzene rings is 3. The molecule has 1 N–H and O–H groups in total. The highest BCUT2D eigenvalue weighted by Gasteiger charge is 2.29. The summed E-state index contributed by atoms with van der Waals surface area (Å²) >= 11 is 1.26. The molecule has 1 amide bonds. The zero-order valence-corrected chi connectivity index (χ0v) is 18.4. The molecule has 6 nitrogen and oxygen atoms in total. The summed E-state index contributed by atoms with van der Waals surface area (Å²) in [6.45, 7) is 0. The first-order valence-electron chi connectivity index (χ1n) is 10.5. The number of nitrogens with one attached hydrogen (secondary N) is 1. The number of carbonyl (C=O) groups excluding carboxylic acids is 1. The van der Waals surface area contributed by atoms with Crippen molar-refractivity contribution in [3.63, 3.8) is 0 Å². The molecule has 0 saturated heterocycles. The Morgan fingerprint density at radius 1 is 0.970 bits per heavy atom. The van der Waals surface area contributed by atoms with Gasteiger partial charge in [-0.15, -0.1) is 10.2 Å². The van der Waals surface area contributed by atoms with Crippen molar-refractivity contribution in [3.05, 3.63) is 108 Å². The van der Waals surface area contributed by atoms with Gasteiger partial charge in [0.2, 0.25) is 11.1 Å². The first kappa shape index (κ1) is 21.1. The largest absolute Gasteiger partial charge is 0.325 e. The van der Waals surface area contributed by atoms with E-state index in [1.54, 1.807) is 4.68 Å². The average molecular weight is 458 g/mol. The molecule has 0 bridgehead atoms. The Morgan fingerprint density at radius 3 is 2.39 bits per heavy atom. The van der Waals surface area contributed by atoms with Gasteiger partial charge in [0.15, 0.2) is 5.82 Å². The van der Waals surface area contributed by atoms with E-state index in [0.717, 1.165) is 22.7 Å². The van der Waals surface area contributed by atoms with Crippen LogP contribution in [0.3, 0.4) is 0 Å². The maximum absolute atomic E-state index is 13.1. The number of hydrogen-bond acceptors (Lipinski definition) is 5. The van der Waals surface area contributed by atoms with E-state index in [-0.39, 0.29) is 23.4 Å². The van der Waals surface area contributed by atoms with Gasteiger partial charge in [-0.05, 0) is 35.4 Å². The van der Waals surface area contributed by atoms with Crippen LogP contribution in [0.1, 0.15) is 29.3 Å². The van der Waals surface area contributed by atoms with Crippen LogP contribution in [-0.2, 0) is 4.79 Å². The number of rotatable bonds is 6. The number of hydrogen-bond donors (Lipinski definition) is 1. The van der Waals surface area contributed by atoms with Crippen molar-refractivity contribution in [3.8, 4) is 0 Å². The van der Waals surface area contributed by atoms with Crippen molar-refractivity contribution in [1.29, 1.82) is 0 Å². The minimum Gasteiger partial charge on any atom is -0.325 e. The highest BCUT2D eigenvalue weighted by Crippen LogP contribution is 2.34. The van der Waals surface area contributed by atoms with Gasteiger partial charge in [-0.2, -0.15) is 9.78 Å². The van der Waals surface area contributed by atoms with Crippen molar-refractivity contribution in [2.75, 3.05) is 11.1 Å². The summed E-state index contributed by atoms with van der Waals surface area (Å²) in [6, 6.07) is 25.9. The van der Waals surface area contributed by atoms with Gasteiger partial charge in [0.1, 0.15) is 5.82 Å². The van der Waals surface area contributed by atoms with Gasteiger partial charge in [-0.1, -0.05) is 72.4 Å². The van der Waals surface area contributed by atoms with Crippen LogP contribution >= 0.6 is 11.8 Å². The second-order valence-electron chi connectivity index (χ2n) is 7.58. The molecular formula is C25H20FN5OS. The third-order valence-electron chi connectivity index (χ3n) is 5.34. The van der Waals surface area contributed by atoms with Crippen molar-refractivity contribution < 1.29 is 9.18 Å². The molecule has 2 heterocycles. The summed E-state index contributed by atoms with van der Waals surface area (Å²) in [4.78, 5) is 12.4. The fourth-order valence-corrected chi connectivity index (χ4v) is 4.43. The predicted molar refractivity (Wildman–Crippen MR) is 127 cm³/mol. The Balaban J connectivity index is 1.40. The van der Waals surface area contributed by atoms with Gasteiger partial charge in [0.05, 0.1) is 17.4 Å². The van der Waals surface area contributed by atoms with Crippen LogP contribution in [-0.4, -0.2) is 32.2 Å². The molecule has 1 atom stereocenters. The molecule has 3 aromatic carbocycles. The van der Waals surface area contributed by atoms with E-state index in [1.165, 1.54) is 36.0 Å². The first-order valence-corrected chi connectivity index (χ1v) is 11.5. The zero-order valence-electron chi connectivity index (χ0n) is 17.6. The summed E-state index contributed by atoms with van der Waals surface area (Å²) in [6.07, 6.45) is 0.710. The van der Waals surface area contributed by atoms with Crippen LogP contribution < -0.4 is 5.32 Å². The standard InChI is InChI=1S/C25H20FN5OS/c26-19-11-13-20(14-12-19)27-23(32)16-33-25-29-28-24-21(17-7-3-1-4-8-17)15-22(30-31(24)25)18-9-5-2-6-10-18/h1-14,21H,15-16H2,(H,27,32). The first-order chi connectivity index (χ1) is 16.2. The molecule has 1 aromatic heterocycles. The van der Waals surface area contributed by atoms with E-state index >= 15 is 0 Å². The number of nitrogens with zero attached hydrogens (tertiary/aromatic N) is 4. The summed E-state index contributed by atoms with van der Waals surface area (Å²) in [7, 11) is 0. The maximum Gasteiger partial charge on any atom is 0.234 e. The van der Waals surface area contributed by atoms with Gasteiger partial charge >= 0.3 is 0 Å². The molecule has 4 aromatic rings. The third kappa shape index (κ3) is 4.70. The predicted octanol–water partition coefficient (Wildman–Crippen LogP) is 4.94. The Morgan fingerprint density at radius 2 is 1.67 bits per heavy atom. The molecule has 1 unspecified atom stereocenters. The molecule has 5 rings (SSSR count). The van der Waals surface area contributed by atoms with E-state index in [0.29, 0.717) is 17.3 Å². The number of thioether (sulfide) groups is 1. The molecule has 1 aliphatic heterocycles. The Bertz CT molecular complexity index is 1290. The monoisotopic (exact) mass is 457 g/mol. The van der Waals surface area contributed by atoms with E-state index in [2.05, 4.69) is 27.6 Å². The normalized spacial score (nSPS) is 14.9. The van der Waals surface area contributed by atoms with Gasteiger partial charge in [-0.3, -0.25) is 4.79 Å². The molecule has 0 radical (unpaired) electrons. The Hall–Kier alpha value is -3.78. The smallest absolute Gasteiger partial charge is 0.234 e. The van der Waals surface area contributed by atoms with E-state index < -0.39 is 0 Å². The van der Waals surface area contributed by atoms with Crippen LogP contribution in [0, 0.1) is 5.82 Å². The Kier molecular flexibility index (Phi) is 5.99. The number of halogens is 1. The molecule has 0 aliphatic carbocycles. The third-order valence-corrected chi connectivity index (χ3v) is 6.25. The Labute approximate surface area is 194 Å². The lowest BCUT2D eigenvalue weighted by Gasteiger charge is -2.23. The van der Waals surface area contributed by atoms with Gasteiger partial charge in [0, 0.05) is 12.1 Å². The van der Waals surface area contributed by atoms with Crippen LogP contribution in [0.2, 0.25) is 0 Å². The van der Waals surface area contributed by atoms with Crippen LogP contribution in [0.25, 0.3) is 0 Å². The average Bonchev–Trinajstić information content (AvgIpc) is 3.28. The van der Waals surface area contributed by atoms with Crippen molar-refractivity contribution in [2.24, 2.45) is 5.10 Å². The fraction of sp³-hybridized carbons (Fsp3) is 0.120. The summed E-state index contributed by atoms with van der Waals surface area (Å²) in [5.41, 5.74) is 3.66. The highest BCUT2D eigenvalue weighted by molar-refractivity contribution is 7.99. The number of anilines is 1. The second-order valence-corrected chi connectivity index (χ2v) is 8.52. The molecule has 0 fully saturated rings. The molecule has 0 saturated carbocycles. The van der Waals surface area contributed by atoms with E-state index in [9.17, 15) is 9.18 Å². The maximum atomic E-state index is 13.1. The molecule has 1 aliphatic rings. The molecule has 33 heavy (non-hydrogen) atoms. The van der Waals surface area contributed by atoms with Gasteiger partial charge in [0.25, 0.3) is 0 Å². The van der Waals surface area contributed by atoms with E-state index in [4.69, 9.17) is 5.10 Å². The fourth-order valence-electron chi connectivity index (χ4n) is 3.74. The van der Waals surface area contributed by atoms with Crippen molar-refractivity contribution >= 4 is 29.1 Å². The van der Waals surface area contributed by atoms with Crippen LogP contribution in [0.5, 0.6) is 0 Å². The van der Waals surface area contributed by atoms with Crippen molar-refractivity contribution in [1.82, 2.24) is 14.9 Å². The minimum absolute atomic E-state index is 0.00815. The van der Waals surface area contributed by atoms with Gasteiger partial charge in [-0.25, -0.2) is 4.39 Å². The molecule has 164 valence electrons. The number of amides is 1. The topological polar surface area (TPSA) is 72.2 Å². The van der Waals surface area contributed by atoms with Crippen molar-refractivity contribution in [2.45, 2.75) is 17.5 Å². The number of carbonyl (C=O) groups is 1. The summed E-state index contributed by atoms with van der Waals surface area (Å²) in [5, 5.41) is 16.9. The lowest BCUT2D eigenvalue weighted by atomic mass is 9.89. The molecule has 8 heteroatoms. The molecule has 0 spiro atoms. The lowest BCUT2D eigenvalue weighted by Crippen LogP contribution is -2.21. The highest BCUT2D eigenvalue weighted by atomic mass is 32.2. The quantitative estimate of drug-likeness (QED) is 0.417. The van der Waals surface area contributed by atoms with Crippen LogP contribution in [0.4, 0.5) is 10.1 Å². The molecular weight excluding hydrogens is 437 g/mol.